The van der Waals surface area contributed by atoms with Gasteiger partial charge in [-0.25, -0.2) is 4.79 Å². The van der Waals surface area contributed by atoms with E-state index < -0.39 is 87.2 Å². The summed E-state index contributed by atoms with van der Waals surface area (Å²) in [7, 11) is 1.16. The van der Waals surface area contributed by atoms with E-state index in [-0.39, 0.29) is 12.8 Å². The lowest BCUT2D eigenvalue weighted by Crippen LogP contribution is -2.81. The largest absolute Gasteiger partial charge is 0.472 e. The van der Waals surface area contributed by atoms with Crippen LogP contribution >= 0.6 is 0 Å². The maximum atomic E-state index is 13.1. The molecule has 0 amide bonds. The van der Waals surface area contributed by atoms with Crippen LogP contribution in [-0.2, 0) is 33.3 Å². The highest BCUT2D eigenvalue weighted by atomic mass is 16.7. The molecule has 0 aromatic carbocycles. The molecule has 2 unspecified atom stereocenters. The molecule has 1 aromatic heterocycles. The number of esters is 3. The third kappa shape index (κ3) is 2.92. The van der Waals surface area contributed by atoms with Crippen LogP contribution in [0.1, 0.15) is 72.0 Å². The van der Waals surface area contributed by atoms with E-state index in [1.54, 1.807) is 33.1 Å². The van der Waals surface area contributed by atoms with Gasteiger partial charge >= 0.3 is 17.9 Å². The fourth-order valence-corrected chi connectivity index (χ4v) is 10.4. The van der Waals surface area contributed by atoms with Crippen molar-refractivity contribution in [3.05, 3.63) is 24.2 Å². The first-order chi connectivity index (χ1) is 18.5. The van der Waals surface area contributed by atoms with Crippen molar-refractivity contribution in [2.24, 2.45) is 34.0 Å². The summed E-state index contributed by atoms with van der Waals surface area (Å²) < 4.78 is 28.5. The molecule has 3 saturated heterocycles. The van der Waals surface area contributed by atoms with Crippen molar-refractivity contribution in [1.29, 1.82) is 0 Å². The zero-order valence-electron chi connectivity index (χ0n) is 23.6. The smallest absolute Gasteiger partial charge is 0.335 e. The van der Waals surface area contributed by atoms with Gasteiger partial charge < -0.3 is 38.7 Å². The van der Waals surface area contributed by atoms with E-state index in [2.05, 4.69) is 0 Å². The van der Waals surface area contributed by atoms with Gasteiger partial charge in [0.05, 0.1) is 31.7 Å². The average molecular weight is 563 g/mol. The Labute approximate surface area is 232 Å². The van der Waals surface area contributed by atoms with Gasteiger partial charge in [0.25, 0.3) is 0 Å². The van der Waals surface area contributed by atoms with Gasteiger partial charge in [-0.2, -0.15) is 0 Å². The zero-order valence-corrected chi connectivity index (χ0v) is 23.6. The van der Waals surface area contributed by atoms with Crippen LogP contribution < -0.4 is 0 Å². The van der Waals surface area contributed by atoms with Crippen molar-refractivity contribution in [3.63, 3.8) is 0 Å². The van der Waals surface area contributed by atoms with Crippen molar-refractivity contribution in [2.45, 2.75) is 95.6 Å². The fraction of sp³-hybridized carbons (Fsp3) is 0.759. The number of carbonyl (C=O) groups is 3. The first kappa shape index (κ1) is 27.7. The number of hydrogen-bond acceptors (Lipinski definition) is 11. The SMILES string of the molecule is COC(=O)[C@H](O)[C@H]1C(C)(C)[C@H](OC(C)=O)[C@@]2(O)CC34OC2(O)[C@@]1(C)[C@H]3CC[C@@]1(C)[C@H](c2ccoc2)OC(=O)C[C@@H]41. The van der Waals surface area contributed by atoms with Gasteiger partial charge in [-0.05, 0) is 24.8 Å². The van der Waals surface area contributed by atoms with Crippen LogP contribution in [0.4, 0.5) is 0 Å². The number of carbonyl (C=O) groups excluding carboxylic acids is 3. The lowest BCUT2D eigenvalue weighted by molar-refractivity contribution is -0.381. The van der Waals surface area contributed by atoms with Crippen molar-refractivity contribution < 1.29 is 53.1 Å². The summed E-state index contributed by atoms with van der Waals surface area (Å²) >= 11 is 0. The molecular weight excluding hydrogens is 524 g/mol. The summed E-state index contributed by atoms with van der Waals surface area (Å²) in [5, 5.41) is 36.6. The summed E-state index contributed by atoms with van der Waals surface area (Å²) in [4.78, 5) is 38.3. The Morgan fingerprint density at radius 1 is 1.15 bits per heavy atom. The molecule has 1 spiro atoms. The highest BCUT2D eigenvalue weighted by Crippen LogP contribution is 2.82. The van der Waals surface area contributed by atoms with E-state index in [1.165, 1.54) is 13.2 Å². The molecule has 3 N–H and O–H groups in total. The van der Waals surface area contributed by atoms with Crippen molar-refractivity contribution in [2.75, 3.05) is 7.11 Å². The molecular formula is C29H38O11. The molecule has 6 rings (SSSR count). The van der Waals surface area contributed by atoms with Crippen molar-refractivity contribution >= 4 is 17.9 Å². The van der Waals surface area contributed by atoms with Crippen molar-refractivity contribution in [1.82, 2.24) is 0 Å². The Balaban J connectivity index is 1.57. The van der Waals surface area contributed by atoms with E-state index >= 15 is 0 Å². The number of aliphatic hydroxyl groups is 3. The number of methoxy groups -OCH3 is 1. The molecule has 0 radical (unpaired) electrons. The van der Waals surface area contributed by atoms with Crippen LogP contribution in [0, 0.1) is 34.0 Å². The van der Waals surface area contributed by atoms with E-state index in [9.17, 15) is 29.7 Å². The average Bonchev–Trinajstić information content (AvgIpc) is 3.52. The molecule has 40 heavy (non-hydrogen) atoms. The highest BCUT2D eigenvalue weighted by Gasteiger charge is 2.92. The second-order valence-corrected chi connectivity index (χ2v) is 13.6. The summed E-state index contributed by atoms with van der Waals surface area (Å²) in [6.45, 7) is 8.35. The normalized spacial score (nSPS) is 48.9. The third-order valence-electron chi connectivity index (χ3n) is 11.5. The van der Waals surface area contributed by atoms with E-state index in [1.807, 2.05) is 6.92 Å². The lowest BCUT2D eigenvalue weighted by atomic mass is 9.35. The van der Waals surface area contributed by atoms with Crippen LogP contribution in [0.3, 0.4) is 0 Å². The Bertz CT molecular complexity index is 1260. The molecule has 5 aliphatic rings. The lowest BCUT2D eigenvalue weighted by Gasteiger charge is -2.69. The monoisotopic (exact) mass is 562 g/mol. The van der Waals surface area contributed by atoms with Crippen LogP contribution in [0.2, 0.25) is 0 Å². The second kappa shape index (κ2) is 8.08. The van der Waals surface area contributed by atoms with Gasteiger partial charge in [0.2, 0.25) is 5.79 Å². The first-order valence-corrected chi connectivity index (χ1v) is 13.8. The molecule has 2 saturated carbocycles. The molecule has 220 valence electrons. The van der Waals surface area contributed by atoms with Crippen molar-refractivity contribution in [3.8, 4) is 0 Å². The fourth-order valence-electron chi connectivity index (χ4n) is 10.4. The van der Waals surface area contributed by atoms with Gasteiger partial charge in [-0.3, -0.25) is 9.59 Å². The minimum atomic E-state index is -2.32. The second-order valence-electron chi connectivity index (χ2n) is 13.6. The summed E-state index contributed by atoms with van der Waals surface area (Å²) in [5.74, 6) is -6.42. The Kier molecular flexibility index (Phi) is 5.60. The Morgan fingerprint density at radius 2 is 1.85 bits per heavy atom. The van der Waals surface area contributed by atoms with Crippen LogP contribution in [0.15, 0.2) is 23.0 Å². The van der Waals surface area contributed by atoms with Gasteiger partial charge in [-0.1, -0.05) is 27.7 Å². The van der Waals surface area contributed by atoms with Gasteiger partial charge in [0, 0.05) is 47.0 Å². The van der Waals surface area contributed by atoms with Crippen LogP contribution in [0.5, 0.6) is 0 Å². The van der Waals surface area contributed by atoms with Gasteiger partial charge in [-0.15, -0.1) is 0 Å². The maximum Gasteiger partial charge on any atom is 0.335 e. The zero-order chi connectivity index (χ0) is 29.3. The Hall–Kier alpha value is -2.47. The standard InChI is InChI=1S/C29H38O11/c1-14(30)38-23-24(2,3)20(19(32)22(33)36-6)26(5)16-7-9-25(4)17(27(16)13-28(23,34)29(26,35)40-27)11-18(31)39-21(25)15-8-10-37-12-15/h8,10,12,16-17,19-21,23,32,34-35H,7,9,11,13H2,1-6H3/t16-,17-,19-,20+,21+,23+,25-,26+,27?,28+,29?/m1/s1. The number of furan rings is 1. The number of cyclic esters (lactones) is 1. The van der Waals surface area contributed by atoms with E-state index in [0.717, 1.165) is 7.11 Å². The number of ether oxygens (including phenoxy) is 4. The minimum Gasteiger partial charge on any atom is -0.472 e. The molecule has 11 nitrogen and oxygen atoms in total. The molecule has 11 heteroatoms. The topological polar surface area (TPSA) is 162 Å². The molecule has 2 aliphatic carbocycles. The van der Waals surface area contributed by atoms with E-state index in [4.69, 9.17) is 23.4 Å². The number of rotatable bonds is 4. The minimum absolute atomic E-state index is 0.0184. The maximum absolute atomic E-state index is 13.1. The van der Waals surface area contributed by atoms with Gasteiger partial charge in [0.15, 0.2) is 11.7 Å². The summed E-state index contributed by atoms with van der Waals surface area (Å²) in [5.41, 5.74) is -5.93. The van der Waals surface area contributed by atoms with E-state index in [0.29, 0.717) is 18.4 Å². The molecule has 5 fully saturated rings. The summed E-state index contributed by atoms with van der Waals surface area (Å²) in [6.07, 6.45) is 0.279. The number of hydrogen-bond donors (Lipinski definition) is 3. The van der Waals surface area contributed by atoms with Crippen LogP contribution in [0.25, 0.3) is 0 Å². The molecule has 2 bridgehead atoms. The number of fused-ring (bicyclic) bond motifs is 2. The molecule has 4 heterocycles. The molecule has 3 aliphatic heterocycles. The molecule has 1 aromatic rings. The third-order valence-corrected chi connectivity index (χ3v) is 11.5. The highest BCUT2D eigenvalue weighted by molar-refractivity contribution is 5.75. The van der Waals surface area contributed by atoms with Gasteiger partial charge in [0.1, 0.15) is 12.2 Å². The first-order valence-electron chi connectivity index (χ1n) is 13.8. The Morgan fingerprint density at radius 3 is 2.45 bits per heavy atom. The predicted molar refractivity (Wildman–Crippen MR) is 134 cm³/mol. The predicted octanol–water partition coefficient (Wildman–Crippen LogP) is 2.02. The summed E-state index contributed by atoms with van der Waals surface area (Å²) in [6, 6.07) is 1.75. The van der Waals surface area contributed by atoms with Crippen LogP contribution in [-0.4, -0.2) is 69.5 Å². The molecule has 11 atom stereocenters. The quantitative estimate of drug-likeness (QED) is 0.364. The number of aliphatic hydroxyl groups excluding tert-OH is 1.